The number of nitrogens with one attached hydrogen (secondary N) is 1. The first-order chi connectivity index (χ1) is 4.14. The van der Waals surface area contributed by atoms with Crippen molar-refractivity contribution in [2.45, 2.75) is 12.0 Å². The summed E-state index contributed by atoms with van der Waals surface area (Å²) < 4.78 is 0. The molecule has 1 saturated heterocycles. The fraction of sp³-hybridized carbons (Fsp3) is 0.600. The highest BCUT2D eigenvalue weighted by Crippen LogP contribution is 2.44. The highest BCUT2D eigenvalue weighted by Gasteiger charge is 2.66. The molecule has 4 heteroatoms. The van der Waals surface area contributed by atoms with Crippen molar-refractivity contribution in [2.75, 3.05) is 0 Å². The lowest BCUT2D eigenvalue weighted by atomic mass is 10.3. The minimum Gasteiger partial charge on any atom is -0.317 e. The molecule has 1 heterocycles. The molecule has 4 nitrogen and oxygen atoms in total. The summed E-state index contributed by atoms with van der Waals surface area (Å²) in [5.74, 6) is -0.731. The van der Waals surface area contributed by atoms with Gasteiger partial charge in [-0.3, -0.25) is 14.9 Å². The molecular weight excluding hydrogens is 120 g/mol. The van der Waals surface area contributed by atoms with Gasteiger partial charge in [0, 0.05) is 0 Å². The van der Waals surface area contributed by atoms with E-state index in [2.05, 4.69) is 5.32 Å². The van der Waals surface area contributed by atoms with Gasteiger partial charge in [-0.05, 0) is 6.42 Å². The summed E-state index contributed by atoms with van der Waals surface area (Å²) in [5, 5.41) is 2.15. The van der Waals surface area contributed by atoms with Crippen LogP contribution in [0.3, 0.4) is 0 Å². The molecule has 2 aliphatic rings. The Morgan fingerprint density at radius 2 is 2.33 bits per heavy atom. The molecule has 9 heavy (non-hydrogen) atoms. The lowest BCUT2D eigenvalue weighted by molar-refractivity contribution is -0.127. The van der Waals surface area contributed by atoms with E-state index in [1.165, 1.54) is 0 Å². The Kier molecular flexibility index (Phi) is 0.558. The Balaban J connectivity index is 2.38. The number of amides is 2. The Morgan fingerprint density at radius 3 is 2.44 bits per heavy atom. The van der Waals surface area contributed by atoms with Gasteiger partial charge in [-0.1, -0.05) is 0 Å². The maximum atomic E-state index is 10.7. The van der Waals surface area contributed by atoms with E-state index in [1.54, 1.807) is 0 Å². The van der Waals surface area contributed by atoms with Crippen molar-refractivity contribution in [3.63, 3.8) is 0 Å². The number of rotatable bonds is 0. The topological polar surface area (TPSA) is 72.2 Å². The van der Waals surface area contributed by atoms with Crippen LogP contribution in [0.15, 0.2) is 0 Å². The SMILES string of the molecule is NC12CC1C(=O)NC2=O. The van der Waals surface area contributed by atoms with E-state index < -0.39 is 5.54 Å². The molecule has 2 fully saturated rings. The van der Waals surface area contributed by atoms with Crippen LogP contribution < -0.4 is 11.1 Å². The van der Waals surface area contributed by atoms with Gasteiger partial charge in [0.15, 0.2) is 0 Å². The van der Waals surface area contributed by atoms with Gasteiger partial charge in [-0.15, -0.1) is 0 Å². The molecule has 0 radical (unpaired) electrons. The van der Waals surface area contributed by atoms with Crippen molar-refractivity contribution in [3.8, 4) is 0 Å². The molecule has 1 saturated carbocycles. The average molecular weight is 126 g/mol. The Morgan fingerprint density at radius 1 is 1.67 bits per heavy atom. The van der Waals surface area contributed by atoms with Gasteiger partial charge < -0.3 is 5.73 Å². The van der Waals surface area contributed by atoms with Crippen LogP contribution in [0.1, 0.15) is 6.42 Å². The summed E-state index contributed by atoms with van der Waals surface area (Å²) in [7, 11) is 0. The molecule has 48 valence electrons. The average Bonchev–Trinajstić information content (AvgIpc) is 2.38. The normalized spacial score (nSPS) is 46.6. The number of piperidine rings is 1. The van der Waals surface area contributed by atoms with Crippen molar-refractivity contribution in [2.24, 2.45) is 11.7 Å². The number of fused-ring (bicyclic) bond motifs is 1. The van der Waals surface area contributed by atoms with E-state index in [1.807, 2.05) is 0 Å². The second kappa shape index (κ2) is 1.02. The molecule has 1 aliphatic heterocycles. The van der Waals surface area contributed by atoms with Crippen molar-refractivity contribution in [1.29, 1.82) is 0 Å². The number of nitrogens with two attached hydrogens (primary N) is 1. The molecule has 1 aliphatic carbocycles. The molecule has 2 unspecified atom stereocenters. The predicted molar refractivity (Wildman–Crippen MR) is 28.2 cm³/mol. The van der Waals surface area contributed by atoms with Crippen LogP contribution in [0.4, 0.5) is 0 Å². The highest BCUT2D eigenvalue weighted by atomic mass is 16.2. The maximum Gasteiger partial charge on any atom is 0.247 e. The van der Waals surface area contributed by atoms with Crippen LogP contribution in [0, 0.1) is 5.92 Å². The molecule has 3 N–H and O–H groups in total. The third-order valence-electron chi connectivity index (χ3n) is 1.98. The molecule has 0 aromatic carbocycles. The van der Waals surface area contributed by atoms with Crippen LogP contribution in [0.2, 0.25) is 0 Å². The summed E-state index contributed by atoms with van der Waals surface area (Å²) >= 11 is 0. The van der Waals surface area contributed by atoms with Gasteiger partial charge in [0.05, 0.1) is 5.92 Å². The van der Waals surface area contributed by atoms with Crippen molar-refractivity contribution in [1.82, 2.24) is 5.32 Å². The summed E-state index contributed by atoms with van der Waals surface area (Å²) in [6, 6.07) is 0. The van der Waals surface area contributed by atoms with E-state index in [4.69, 9.17) is 5.73 Å². The van der Waals surface area contributed by atoms with Gasteiger partial charge >= 0.3 is 0 Å². The molecule has 2 rings (SSSR count). The molecule has 0 aromatic heterocycles. The Hall–Kier alpha value is -0.900. The molecule has 0 aromatic rings. The van der Waals surface area contributed by atoms with Crippen LogP contribution >= 0.6 is 0 Å². The first-order valence-corrected chi connectivity index (χ1v) is 2.79. The van der Waals surface area contributed by atoms with E-state index >= 15 is 0 Å². The summed E-state index contributed by atoms with van der Waals surface area (Å²) in [6.07, 6.45) is 0.539. The monoisotopic (exact) mass is 126 g/mol. The number of hydrogen-bond donors (Lipinski definition) is 2. The van der Waals surface area contributed by atoms with Crippen molar-refractivity contribution >= 4 is 11.8 Å². The minimum absolute atomic E-state index is 0.206. The summed E-state index contributed by atoms with van der Waals surface area (Å²) in [6.45, 7) is 0. The van der Waals surface area contributed by atoms with Gasteiger partial charge in [0.25, 0.3) is 0 Å². The highest BCUT2D eigenvalue weighted by molar-refractivity contribution is 6.14. The molecule has 0 spiro atoms. The predicted octanol–water partition coefficient (Wildman–Crippen LogP) is -1.64. The Labute approximate surface area is 51.4 Å². The second-order valence-electron chi connectivity index (χ2n) is 2.62. The van der Waals surface area contributed by atoms with Crippen LogP contribution in [-0.4, -0.2) is 17.4 Å². The first-order valence-electron chi connectivity index (χ1n) is 2.79. The zero-order chi connectivity index (χ0) is 6.65. The van der Waals surface area contributed by atoms with Gasteiger partial charge in [0.2, 0.25) is 11.8 Å². The maximum absolute atomic E-state index is 10.7. The fourth-order valence-electron chi connectivity index (χ4n) is 1.17. The number of imide groups is 1. The van der Waals surface area contributed by atoms with Gasteiger partial charge in [0.1, 0.15) is 5.54 Å². The zero-order valence-electron chi connectivity index (χ0n) is 4.68. The summed E-state index contributed by atoms with van der Waals surface area (Å²) in [4.78, 5) is 21.3. The van der Waals surface area contributed by atoms with Gasteiger partial charge in [-0.25, -0.2) is 0 Å². The van der Waals surface area contributed by atoms with Crippen LogP contribution in [-0.2, 0) is 9.59 Å². The molecular formula is C5H6N2O2. The first kappa shape index (κ1) is 4.93. The summed E-state index contributed by atoms with van der Waals surface area (Å²) in [5.41, 5.74) is 4.64. The minimum atomic E-state index is -0.808. The van der Waals surface area contributed by atoms with E-state index in [0.717, 1.165) is 0 Å². The third-order valence-corrected chi connectivity index (χ3v) is 1.98. The molecule has 2 atom stereocenters. The Bertz CT molecular complexity index is 213. The van der Waals surface area contributed by atoms with Gasteiger partial charge in [-0.2, -0.15) is 0 Å². The van der Waals surface area contributed by atoms with Crippen molar-refractivity contribution < 1.29 is 9.59 Å². The zero-order valence-corrected chi connectivity index (χ0v) is 4.68. The van der Waals surface area contributed by atoms with E-state index in [9.17, 15) is 9.59 Å². The molecule has 2 amide bonds. The lowest BCUT2D eigenvalue weighted by Gasteiger charge is -1.97. The van der Waals surface area contributed by atoms with E-state index in [0.29, 0.717) is 6.42 Å². The quantitative estimate of drug-likeness (QED) is 0.382. The van der Waals surface area contributed by atoms with Crippen molar-refractivity contribution in [3.05, 3.63) is 0 Å². The van der Waals surface area contributed by atoms with Crippen LogP contribution in [0.5, 0.6) is 0 Å². The molecule has 0 bridgehead atoms. The third kappa shape index (κ3) is 0.378. The van der Waals surface area contributed by atoms with Crippen LogP contribution in [0.25, 0.3) is 0 Å². The lowest BCUT2D eigenvalue weighted by Crippen LogP contribution is -2.37. The number of carbonyl (C=O) groups is 2. The number of carbonyl (C=O) groups excluding carboxylic acids is 2. The largest absolute Gasteiger partial charge is 0.317 e. The number of hydrogen-bond acceptors (Lipinski definition) is 3. The standard InChI is InChI=1S/C5H6N2O2/c6-5-1-2(5)3(8)7-4(5)9/h2H,1,6H2,(H,7,8,9). The fourth-order valence-corrected chi connectivity index (χ4v) is 1.17. The second-order valence-corrected chi connectivity index (χ2v) is 2.62. The van der Waals surface area contributed by atoms with E-state index in [-0.39, 0.29) is 17.7 Å². The smallest absolute Gasteiger partial charge is 0.247 e.